The summed E-state index contributed by atoms with van der Waals surface area (Å²) in [5, 5.41) is 17.2. The van der Waals surface area contributed by atoms with E-state index in [4.69, 9.17) is 31.5 Å². The minimum absolute atomic E-state index is 0. The van der Waals surface area contributed by atoms with Gasteiger partial charge in [-0.15, -0.1) is 0 Å². The van der Waals surface area contributed by atoms with E-state index < -0.39 is 39.7 Å². The molecule has 4 atom stereocenters. The zero-order chi connectivity index (χ0) is 26.1. The first-order valence-corrected chi connectivity index (χ1v) is 12.2. The van der Waals surface area contributed by atoms with Crippen molar-refractivity contribution in [2.24, 2.45) is 11.5 Å². The molecule has 0 radical (unpaired) electrons. The zero-order valence-corrected chi connectivity index (χ0v) is 22.0. The van der Waals surface area contributed by atoms with Gasteiger partial charge in [0.15, 0.2) is 0 Å². The molecule has 2 aromatic carbocycles. The quantitative estimate of drug-likeness (QED) is 0.144. The van der Waals surface area contributed by atoms with Gasteiger partial charge >= 0.3 is 65.3 Å². The van der Waals surface area contributed by atoms with Gasteiger partial charge in [0.1, 0.15) is 23.6 Å². The first-order valence-electron chi connectivity index (χ1n) is 9.17. The van der Waals surface area contributed by atoms with E-state index in [9.17, 15) is 28.5 Å². The Kier molecular flexibility index (Phi) is 14.2. The van der Waals surface area contributed by atoms with Crippen LogP contribution in [0.3, 0.4) is 0 Å². The summed E-state index contributed by atoms with van der Waals surface area (Å²) in [6.07, 6.45) is 0.230. The number of hydrogen-bond donors (Lipinski definition) is 6. The fourth-order valence-electron chi connectivity index (χ4n) is 2.32. The van der Waals surface area contributed by atoms with Crippen molar-refractivity contribution in [1.82, 2.24) is 0 Å². The van der Waals surface area contributed by atoms with Crippen molar-refractivity contribution in [3.63, 3.8) is 0 Å². The molecule has 0 bridgehead atoms. The Bertz CT molecular complexity index is 971. The van der Waals surface area contributed by atoms with Crippen molar-refractivity contribution in [1.29, 1.82) is 0 Å². The van der Waals surface area contributed by atoms with E-state index in [1.165, 1.54) is 48.5 Å². The molecule has 0 aliphatic carbocycles. The Hall–Kier alpha value is -1.54. The van der Waals surface area contributed by atoms with Crippen LogP contribution in [0.5, 0.6) is 11.5 Å². The molecule has 0 heterocycles. The van der Waals surface area contributed by atoms with Crippen LogP contribution >= 0.6 is 15.6 Å². The second kappa shape index (κ2) is 14.9. The Morgan fingerprint density at radius 3 is 1.20 bits per heavy atom. The average Bonchev–Trinajstić information content (AvgIpc) is 2.69. The molecule has 8 N–H and O–H groups in total. The van der Waals surface area contributed by atoms with Gasteiger partial charge in [-0.1, -0.05) is 24.3 Å². The maximum Gasteiger partial charge on any atom is 2.00 e. The number of phosphoric acid groups is 2. The van der Waals surface area contributed by atoms with E-state index in [0.717, 1.165) is 0 Å². The largest absolute Gasteiger partial charge is 2.00 e. The van der Waals surface area contributed by atoms with E-state index >= 15 is 0 Å². The molecule has 17 heteroatoms. The molecule has 0 saturated heterocycles. The summed E-state index contributed by atoms with van der Waals surface area (Å²) in [5.41, 5.74) is 11.9. The van der Waals surface area contributed by atoms with Crippen LogP contribution in [-0.4, -0.2) is 81.8 Å². The maximum atomic E-state index is 10.5. The number of aliphatic carboxylic acids is 2. The minimum atomic E-state index is -4.81. The molecule has 2 aromatic rings. The van der Waals surface area contributed by atoms with Crippen LogP contribution in [0.2, 0.25) is 0 Å². The van der Waals surface area contributed by atoms with Crippen LogP contribution in [0.4, 0.5) is 0 Å². The van der Waals surface area contributed by atoms with Crippen LogP contribution < -0.4 is 30.3 Å². The van der Waals surface area contributed by atoms with E-state index in [1.54, 1.807) is 0 Å². The summed E-state index contributed by atoms with van der Waals surface area (Å²) < 4.78 is 29.3. The van der Waals surface area contributed by atoms with Gasteiger partial charge < -0.3 is 50.3 Å². The molecule has 2 rings (SSSR count). The fourth-order valence-corrected chi connectivity index (χ4v) is 3.10. The molecule has 188 valence electrons. The van der Waals surface area contributed by atoms with E-state index in [-0.39, 0.29) is 62.1 Å². The van der Waals surface area contributed by atoms with Crippen molar-refractivity contribution in [2.45, 2.75) is 24.9 Å². The normalized spacial score (nSPS) is 15.5. The van der Waals surface area contributed by atoms with E-state index in [2.05, 4.69) is 9.05 Å². The number of nitrogens with two attached hydrogens (primary N) is 2. The SMILES string of the molecule is N[C@@H](Cc1ccc(OP(=O)([O-])O)cc1)C(=O)O.N[C@@H](Cc1ccc(OP(=O)([O-])O)cc1)C(=O)O.[Ca+2]. The number of hydrogen-bond acceptors (Lipinski definition) is 10. The minimum Gasteiger partial charge on any atom is -0.746 e. The van der Waals surface area contributed by atoms with E-state index in [1.807, 2.05) is 0 Å². The van der Waals surface area contributed by atoms with Crippen molar-refractivity contribution in [2.75, 3.05) is 0 Å². The van der Waals surface area contributed by atoms with Gasteiger partial charge in [-0.25, -0.2) is 0 Å². The van der Waals surface area contributed by atoms with E-state index in [0.29, 0.717) is 11.1 Å². The third kappa shape index (κ3) is 15.2. The summed E-state index contributed by atoms with van der Waals surface area (Å²) in [6, 6.07) is 9.00. The first kappa shape index (κ1) is 33.5. The second-order valence-electron chi connectivity index (χ2n) is 6.71. The van der Waals surface area contributed by atoms with Crippen molar-refractivity contribution < 1.29 is 57.6 Å². The van der Waals surface area contributed by atoms with Gasteiger partial charge in [0, 0.05) is 0 Å². The summed E-state index contributed by atoms with van der Waals surface area (Å²) >= 11 is 0. The van der Waals surface area contributed by atoms with Gasteiger partial charge in [0.05, 0.1) is 0 Å². The van der Waals surface area contributed by atoms with Crippen molar-refractivity contribution >= 4 is 65.3 Å². The molecule has 0 aliphatic heterocycles. The molecule has 0 spiro atoms. The number of rotatable bonds is 10. The average molecular weight is 560 g/mol. The van der Waals surface area contributed by atoms with Crippen LogP contribution in [0.15, 0.2) is 48.5 Å². The molecule has 14 nitrogen and oxygen atoms in total. The third-order valence-electron chi connectivity index (χ3n) is 3.83. The fraction of sp³-hybridized carbons (Fsp3) is 0.222. The van der Waals surface area contributed by atoms with Gasteiger partial charge in [0.2, 0.25) is 0 Å². The van der Waals surface area contributed by atoms with Crippen LogP contribution in [-0.2, 0) is 31.6 Å². The van der Waals surface area contributed by atoms with Gasteiger partial charge in [-0.3, -0.25) is 18.7 Å². The molecule has 35 heavy (non-hydrogen) atoms. The number of benzene rings is 2. The van der Waals surface area contributed by atoms with Crippen LogP contribution in [0, 0.1) is 0 Å². The predicted molar refractivity (Wildman–Crippen MR) is 118 cm³/mol. The molecule has 0 aromatic heterocycles. The molecule has 0 amide bonds. The molecular weight excluding hydrogens is 538 g/mol. The topological polar surface area (TPSA) is 266 Å². The second-order valence-corrected chi connectivity index (χ2v) is 8.94. The number of carboxylic acids is 2. The molecule has 0 fully saturated rings. The smallest absolute Gasteiger partial charge is 0.746 e. The standard InChI is InChI=1S/2C9H12NO6P.Ca/c2*10-8(9(11)12)5-6-1-3-7(4-2-6)16-17(13,14)15;/h2*1-4,8H,5,10H2,(H,11,12)(H2,13,14,15);/q;;+2/p-2/t2*8-;/m00./s1. The molecule has 2 unspecified atom stereocenters. The predicted octanol–water partition coefficient (Wildman–Crippen LogP) is -1.42. The number of phosphoric ester groups is 2. The Labute approximate surface area is 229 Å². The van der Waals surface area contributed by atoms with Gasteiger partial charge in [0.25, 0.3) is 0 Å². The summed E-state index contributed by atoms with van der Waals surface area (Å²) in [7, 11) is -9.63. The molecule has 0 aliphatic rings. The van der Waals surface area contributed by atoms with Gasteiger partial charge in [-0.05, 0) is 48.2 Å². The Morgan fingerprint density at radius 2 is 1.00 bits per heavy atom. The number of carboxylic acid groups (broad SMARTS) is 2. The Morgan fingerprint density at radius 1 is 0.743 bits per heavy atom. The Balaban J connectivity index is 0.000000642. The first-order chi connectivity index (χ1) is 15.6. The monoisotopic (exact) mass is 560 g/mol. The van der Waals surface area contributed by atoms with Crippen LogP contribution in [0.25, 0.3) is 0 Å². The number of carbonyl (C=O) groups is 2. The summed E-state index contributed by atoms with van der Waals surface area (Å²) in [4.78, 5) is 58.7. The molecular formula is C18H22CaN2O12P2. The van der Waals surface area contributed by atoms with Gasteiger partial charge in [-0.2, -0.15) is 0 Å². The van der Waals surface area contributed by atoms with Crippen molar-refractivity contribution in [3.05, 3.63) is 59.7 Å². The summed E-state index contributed by atoms with van der Waals surface area (Å²) in [6.45, 7) is 0. The maximum absolute atomic E-state index is 10.5. The third-order valence-corrected chi connectivity index (χ3v) is 4.72. The van der Waals surface area contributed by atoms with Crippen molar-refractivity contribution in [3.8, 4) is 11.5 Å². The molecule has 0 saturated carbocycles. The summed E-state index contributed by atoms with van der Waals surface area (Å²) in [5.74, 6) is -2.36. The van der Waals surface area contributed by atoms with Crippen LogP contribution in [0.1, 0.15) is 11.1 Å². The zero-order valence-electron chi connectivity index (χ0n) is 18.0.